The smallest absolute Gasteiger partial charge is 0.190 e. The lowest BCUT2D eigenvalue weighted by molar-refractivity contribution is 0.377. The van der Waals surface area contributed by atoms with Crippen molar-refractivity contribution in [1.29, 1.82) is 0 Å². The van der Waals surface area contributed by atoms with Gasteiger partial charge in [0.25, 0.3) is 0 Å². The number of sulfone groups is 1. The first-order chi connectivity index (χ1) is 8.98. The van der Waals surface area contributed by atoms with Crippen molar-refractivity contribution >= 4 is 15.5 Å². The lowest BCUT2D eigenvalue weighted by Crippen LogP contribution is -2.10. The topological polar surface area (TPSA) is 55.4 Å². The number of hydrogen-bond acceptors (Lipinski definition) is 4. The summed E-state index contributed by atoms with van der Waals surface area (Å²) in [6, 6.07) is 12.1. The summed E-state index contributed by atoms with van der Waals surface area (Å²) in [5, 5.41) is 0. The van der Waals surface area contributed by atoms with E-state index in [0.29, 0.717) is 0 Å². The Bertz CT molecular complexity index is 686. The number of para-hydroxylation sites is 2. The second kappa shape index (κ2) is 5.27. The Morgan fingerprint density at radius 1 is 1.05 bits per heavy atom. The van der Waals surface area contributed by atoms with Gasteiger partial charge in [0.05, 0.1) is 10.6 Å². The van der Waals surface area contributed by atoms with Crippen molar-refractivity contribution in [3.05, 3.63) is 54.3 Å². The Morgan fingerprint density at radius 3 is 2.37 bits per heavy atom. The Hall–Kier alpha value is -2.08. The molecule has 2 rings (SSSR count). The number of nitrogens with one attached hydrogen (secondary N) is 1. The zero-order valence-corrected chi connectivity index (χ0v) is 10.9. The van der Waals surface area contributed by atoms with Crippen LogP contribution in [0.15, 0.2) is 53.4 Å². The van der Waals surface area contributed by atoms with Crippen LogP contribution in [-0.2, 0) is 9.84 Å². The van der Waals surface area contributed by atoms with Gasteiger partial charge < -0.3 is 4.84 Å². The number of anilines is 1. The molecule has 0 amide bonds. The van der Waals surface area contributed by atoms with E-state index in [2.05, 4.69) is 5.48 Å². The van der Waals surface area contributed by atoms with Crippen LogP contribution in [0.2, 0.25) is 0 Å². The van der Waals surface area contributed by atoms with Gasteiger partial charge in [-0.05, 0) is 24.3 Å². The molecule has 4 nitrogen and oxygen atoms in total. The predicted octanol–water partition coefficient (Wildman–Crippen LogP) is 2.64. The lowest BCUT2D eigenvalue weighted by Gasteiger charge is -2.11. The van der Waals surface area contributed by atoms with Gasteiger partial charge in [-0.1, -0.05) is 24.3 Å². The highest BCUT2D eigenvalue weighted by Crippen LogP contribution is 2.22. The SMILES string of the molecule is CS(=O)(=O)c1ccccc1NOc1ccccc1F. The summed E-state index contributed by atoms with van der Waals surface area (Å²) < 4.78 is 36.5. The first kappa shape index (κ1) is 13.4. The van der Waals surface area contributed by atoms with Gasteiger partial charge in [0.1, 0.15) is 0 Å². The third-order valence-corrected chi connectivity index (χ3v) is 3.55. The maximum atomic E-state index is 13.3. The van der Waals surface area contributed by atoms with Crippen molar-refractivity contribution in [2.45, 2.75) is 4.90 Å². The van der Waals surface area contributed by atoms with Gasteiger partial charge in [0.2, 0.25) is 0 Å². The first-order valence-corrected chi connectivity index (χ1v) is 7.34. The maximum absolute atomic E-state index is 13.3. The fourth-order valence-corrected chi connectivity index (χ4v) is 2.35. The van der Waals surface area contributed by atoms with E-state index in [0.717, 1.165) is 6.26 Å². The van der Waals surface area contributed by atoms with Gasteiger partial charge in [0.15, 0.2) is 21.4 Å². The monoisotopic (exact) mass is 281 g/mol. The second-order valence-corrected chi connectivity index (χ2v) is 5.89. The molecule has 0 saturated carbocycles. The molecule has 100 valence electrons. The van der Waals surface area contributed by atoms with Crippen LogP contribution in [0, 0.1) is 5.82 Å². The number of benzene rings is 2. The van der Waals surface area contributed by atoms with Gasteiger partial charge in [0, 0.05) is 6.26 Å². The molecule has 0 heterocycles. The Labute approximate surface area is 110 Å². The average molecular weight is 281 g/mol. The molecule has 0 aliphatic rings. The van der Waals surface area contributed by atoms with Crippen LogP contribution in [0.25, 0.3) is 0 Å². The van der Waals surface area contributed by atoms with Crippen molar-refractivity contribution in [2.24, 2.45) is 0 Å². The zero-order chi connectivity index (χ0) is 13.9. The highest BCUT2D eigenvalue weighted by atomic mass is 32.2. The largest absolute Gasteiger partial charge is 0.379 e. The van der Waals surface area contributed by atoms with Gasteiger partial charge in [-0.3, -0.25) is 0 Å². The fraction of sp³-hybridized carbons (Fsp3) is 0.0769. The molecule has 1 N–H and O–H groups in total. The summed E-state index contributed by atoms with van der Waals surface area (Å²) in [5.41, 5.74) is 2.72. The molecule has 0 aromatic heterocycles. The van der Waals surface area contributed by atoms with E-state index in [4.69, 9.17) is 4.84 Å². The maximum Gasteiger partial charge on any atom is 0.190 e. The fourth-order valence-electron chi connectivity index (χ4n) is 1.51. The van der Waals surface area contributed by atoms with Crippen LogP contribution in [-0.4, -0.2) is 14.7 Å². The third kappa shape index (κ3) is 3.23. The third-order valence-electron chi connectivity index (χ3n) is 2.39. The van der Waals surface area contributed by atoms with Gasteiger partial charge >= 0.3 is 0 Å². The van der Waals surface area contributed by atoms with E-state index in [1.807, 2.05) is 0 Å². The molecule has 0 aliphatic carbocycles. The summed E-state index contributed by atoms with van der Waals surface area (Å²) in [4.78, 5) is 5.16. The molecular formula is C13H12FNO3S. The van der Waals surface area contributed by atoms with Gasteiger partial charge in [-0.2, -0.15) is 0 Å². The highest BCUT2D eigenvalue weighted by molar-refractivity contribution is 7.90. The molecule has 2 aromatic rings. The van der Waals surface area contributed by atoms with E-state index >= 15 is 0 Å². The van der Waals surface area contributed by atoms with Crippen molar-refractivity contribution in [3.8, 4) is 5.75 Å². The molecule has 6 heteroatoms. The zero-order valence-electron chi connectivity index (χ0n) is 10.1. The molecule has 0 spiro atoms. The summed E-state index contributed by atoms with van der Waals surface area (Å²) in [6.07, 6.45) is 1.09. The molecular weight excluding hydrogens is 269 g/mol. The van der Waals surface area contributed by atoms with E-state index in [1.54, 1.807) is 18.2 Å². The molecule has 19 heavy (non-hydrogen) atoms. The first-order valence-electron chi connectivity index (χ1n) is 5.45. The molecule has 0 atom stereocenters. The summed E-state index contributed by atoms with van der Waals surface area (Å²) in [7, 11) is -3.38. The normalized spacial score (nSPS) is 11.1. The Kier molecular flexibility index (Phi) is 3.71. The quantitative estimate of drug-likeness (QED) is 0.875. The van der Waals surface area contributed by atoms with Crippen molar-refractivity contribution in [2.75, 3.05) is 11.7 Å². The van der Waals surface area contributed by atoms with Crippen LogP contribution >= 0.6 is 0 Å². The average Bonchev–Trinajstić information content (AvgIpc) is 2.37. The highest BCUT2D eigenvalue weighted by Gasteiger charge is 2.13. The van der Waals surface area contributed by atoms with E-state index < -0.39 is 15.7 Å². The number of rotatable bonds is 4. The lowest BCUT2D eigenvalue weighted by atomic mass is 10.3. The Balaban J connectivity index is 2.24. The standard InChI is InChI=1S/C13H12FNO3S/c1-19(16,17)13-9-5-3-7-11(13)15-18-12-8-4-2-6-10(12)14/h2-9,15H,1H3. The van der Waals surface area contributed by atoms with Gasteiger partial charge in [-0.15, -0.1) is 0 Å². The molecule has 0 saturated heterocycles. The predicted molar refractivity (Wildman–Crippen MR) is 70.2 cm³/mol. The van der Waals surface area contributed by atoms with E-state index in [9.17, 15) is 12.8 Å². The minimum absolute atomic E-state index is 0.00851. The molecule has 0 aliphatic heterocycles. The summed E-state index contributed by atoms with van der Waals surface area (Å²) in [5.74, 6) is -0.544. The Morgan fingerprint density at radius 2 is 1.68 bits per heavy atom. The van der Waals surface area contributed by atoms with Crippen LogP contribution in [0.5, 0.6) is 5.75 Å². The van der Waals surface area contributed by atoms with E-state index in [-0.39, 0.29) is 16.3 Å². The van der Waals surface area contributed by atoms with Crippen molar-refractivity contribution < 1.29 is 17.6 Å². The second-order valence-electron chi connectivity index (χ2n) is 3.90. The molecule has 0 bridgehead atoms. The van der Waals surface area contributed by atoms with Crippen molar-refractivity contribution in [3.63, 3.8) is 0 Å². The number of halogens is 1. The van der Waals surface area contributed by atoms with Crippen LogP contribution < -0.4 is 10.3 Å². The minimum Gasteiger partial charge on any atom is -0.379 e. The van der Waals surface area contributed by atoms with E-state index in [1.165, 1.54) is 30.3 Å². The van der Waals surface area contributed by atoms with Crippen molar-refractivity contribution in [1.82, 2.24) is 0 Å². The molecule has 0 radical (unpaired) electrons. The summed E-state index contributed by atoms with van der Waals surface area (Å²) in [6.45, 7) is 0. The minimum atomic E-state index is -3.38. The molecule has 0 unspecified atom stereocenters. The van der Waals surface area contributed by atoms with Crippen LogP contribution in [0.4, 0.5) is 10.1 Å². The summed E-state index contributed by atoms with van der Waals surface area (Å²) >= 11 is 0. The van der Waals surface area contributed by atoms with Crippen LogP contribution in [0.3, 0.4) is 0 Å². The van der Waals surface area contributed by atoms with Crippen LogP contribution in [0.1, 0.15) is 0 Å². The molecule has 2 aromatic carbocycles. The van der Waals surface area contributed by atoms with Gasteiger partial charge in [-0.25, -0.2) is 18.3 Å². The molecule has 0 fully saturated rings. The number of hydrogen-bond donors (Lipinski definition) is 1.